The van der Waals surface area contributed by atoms with Gasteiger partial charge in [-0.1, -0.05) is 11.6 Å². The second kappa shape index (κ2) is 6.87. The standard InChI is InChI=1S/C15H23FN4O/c1-10-4-3-5-11(2)20(10)18-9-12-6-13(15(17)19-21)8-14(16)7-12/h6-8,10-11,18,21H,3-5,9H2,1-2H3,(H2,17,19). The summed E-state index contributed by atoms with van der Waals surface area (Å²) in [6, 6.07) is 5.37. The molecule has 0 saturated carbocycles. The fourth-order valence-electron chi connectivity index (χ4n) is 2.87. The molecule has 0 amide bonds. The van der Waals surface area contributed by atoms with Gasteiger partial charge in [0.25, 0.3) is 0 Å². The first-order chi connectivity index (χ1) is 10.0. The Morgan fingerprint density at radius 1 is 1.38 bits per heavy atom. The summed E-state index contributed by atoms with van der Waals surface area (Å²) in [5, 5.41) is 13.8. The molecule has 0 bridgehead atoms. The molecule has 1 aromatic rings. The van der Waals surface area contributed by atoms with Crippen molar-refractivity contribution in [3.63, 3.8) is 0 Å². The van der Waals surface area contributed by atoms with Crippen LogP contribution in [0.2, 0.25) is 0 Å². The molecule has 2 atom stereocenters. The zero-order chi connectivity index (χ0) is 15.4. The van der Waals surface area contributed by atoms with Crippen molar-refractivity contribution in [2.24, 2.45) is 10.9 Å². The quantitative estimate of drug-likeness (QED) is 0.344. The Morgan fingerprint density at radius 3 is 2.67 bits per heavy atom. The van der Waals surface area contributed by atoms with Crippen molar-refractivity contribution in [2.75, 3.05) is 0 Å². The van der Waals surface area contributed by atoms with Gasteiger partial charge in [0.2, 0.25) is 0 Å². The average Bonchev–Trinajstić information content (AvgIpc) is 2.45. The van der Waals surface area contributed by atoms with Crippen molar-refractivity contribution < 1.29 is 9.60 Å². The van der Waals surface area contributed by atoms with Crippen molar-refractivity contribution in [2.45, 2.75) is 51.7 Å². The van der Waals surface area contributed by atoms with Crippen molar-refractivity contribution in [1.29, 1.82) is 0 Å². The maximum atomic E-state index is 13.6. The number of nitrogens with zero attached hydrogens (tertiary/aromatic N) is 2. The number of hydrazine groups is 1. The third-order valence-electron chi connectivity index (χ3n) is 4.02. The number of nitrogens with two attached hydrogens (primary N) is 1. The number of amidine groups is 1. The lowest BCUT2D eigenvalue weighted by Gasteiger charge is -2.39. The third kappa shape index (κ3) is 3.92. The molecule has 6 heteroatoms. The molecule has 0 aromatic heterocycles. The van der Waals surface area contributed by atoms with Crippen LogP contribution in [0.3, 0.4) is 0 Å². The minimum absolute atomic E-state index is 0.0875. The van der Waals surface area contributed by atoms with Gasteiger partial charge in [-0.05, 0) is 50.5 Å². The van der Waals surface area contributed by atoms with Crippen LogP contribution in [0.5, 0.6) is 0 Å². The van der Waals surface area contributed by atoms with Crippen LogP contribution in [0.15, 0.2) is 23.4 Å². The van der Waals surface area contributed by atoms with Crippen LogP contribution >= 0.6 is 0 Å². The molecule has 0 aliphatic carbocycles. The molecule has 1 aliphatic heterocycles. The van der Waals surface area contributed by atoms with Crippen LogP contribution in [0, 0.1) is 5.82 Å². The topological polar surface area (TPSA) is 73.9 Å². The maximum Gasteiger partial charge on any atom is 0.170 e. The van der Waals surface area contributed by atoms with Gasteiger partial charge in [-0.25, -0.2) is 9.40 Å². The molecular formula is C15H23FN4O. The van der Waals surface area contributed by atoms with Crippen molar-refractivity contribution >= 4 is 5.84 Å². The number of nitrogens with one attached hydrogen (secondary N) is 1. The molecule has 1 aromatic carbocycles. The lowest BCUT2D eigenvalue weighted by Crippen LogP contribution is -2.51. The van der Waals surface area contributed by atoms with Gasteiger partial charge in [-0.3, -0.25) is 5.43 Å². The van der Waals surface area contributed by atoms with Gasteiger partial charge in [-0.2, -0.15) is 0 Å². The van der Waals surface area contributed by atoms with E-state index in [1.807, 2.05) is 0 Å². The van der Waals surface area contributed by atoms with E-state index < -0.39 is 5.82 Å². The molecule has 116 valence electrons. The van der Waals surface area contributed by atoms with E-state index in [0.717, 1.165) is 18.4 Å². The Labute approximate surface area is 124 Å². The number of hydrogen-bond acceptors (Lipinski definition) is 4. The van der Waals surface area contributed by atoms with Gasteiger partial charge in [-0.15, -0.1) is 0 Å². The van der Waals surface area contributed by atoms with E-state index in [1.54, 1.807) is 6.07 Å². The van der Waals surface area contributed by atoms with E-state index in [9.17, 15) is 4.39 Å². The van der Waals surface area contributed by atoms with Crippen molar-refractivity contribution in [1.82, 2.24) is 10.4 Å². The highest BCUT2D eigenvalue weighted by Crippen LogP contribution is 2.20. The lowest BCUT2D eigenvalue weighted by atomic mass is 10.00. The molecular weight excluding hydrogens is 271 g/mol. The maximum absolute atomic E-state index is 13.6. The summed E-state index contributed by atoms with van der Waals surface area (Å²) in [5.74, 6) is -0.480. The van der Waals surface area contributed by atoms with Crippen molar-refractivity contribution in [3.05, 3.63) is 35.1 Å². The summed E-state index contributed by atoms with van der Waals surface area (Å²) < 4.78 is 13.6. The molecule has 2 unspecified atom stereocenters. The van der Waals surface area contributed by atoms with E-state index in [2.05, 4.69) is 29.4 Å². The smallest absolute Gasteiger partial charge is 0.170 e. The Balaban J connectivity index is 2.07. The molecule has 0 spiro atoms. The second-order valence-electron chi connectivity index (χ2n) is 5.70. The Bertz CT molecular complexity index is 510. The molecule has 1 heterocycles. The van der Waals surface area contributed by atoms with Crippen molar-refractivity contribution in [3.8, 4) is 0 Å². The fraction of sp³-hybridized carbons (Fsp3) is 0.533. The highest BCUT2D eigenvalue weighted by molar-refractivity contribution is 5.97. The fourth-order valence-corrected chi connectivity index (χ4v) is 2.87. The first kappa shape index (κ1) is 15.7. The molecule has 1 aliphatic rings. The van der Waals surface area contributed by atoms with Crippen LogP contribution in [0.25, 0.3) is 0 Å². The number of oxime groups is 1. The van der Waals surface area contributed by atoms with Crippen LogP contribution in [0.4, 0.5) is 4.39 Å². The van der Waals surface area contributed by atoms with Crippen LogP contribution in [-0.4, -0.2) is 28.1 Å². The summed E-state index contributed by atoms with van der Waals surface area (Å²) in [7, 11) is 0. The molecule has 4 N–H and O–H groups in total. The Morgan fingerprint density at radius 2 is 2.05 bits per heavy atom. The van der Waals surface area contributed by atoms with E-state index >= 15 is 0 Å². The van der Waals surface area contributed by atoms with Gasteiger partial charge in [0.05, 0.1) is 0 Å². The SMILES string of the molecule is CC1CCCC(C)N1NCc1cc(F)cc(/C(N)=N/O)c1. The summed E-state index contributed by atoms with van der Waals surface area (Å²) in [6.45, 7) is 4.89. The number of rotatable bonds is 4. The van der Waals surface area contributed by atoms with Gasteiger partial charge in [0.15, 0.2) is 5.84 Å². The minimum atomic E-state index is -0.393. The third-order valence-corrected chi connectivity index (χ3v) is 4.02. The largest absolute Gasteiger partial charge is 0.409 e. The predicted molar refractivity (Wildman–Crippen MR) is 80.4 cm³/mol. The normalized spacial score (nSPS) is 24.2. The number of halogens is 1. The first-order valence-electron chi connectivity index (χ1n) is 7.30. The summed E-state index contributed by atoms with van der Waals surface area (Å²) in [6.07, 6.45) is 3.57. The zero-order valence-electron chi connectivity index (χ0n) is 12.5. The number of piperidine rings is 1. The summed E-state index contributed by atoms with van der Waals surface area (Å²) in [5.41, 5.74) is 10.0. The van der Waals surface area contributed by atoms with Crippen LogP contribution in [0.1, 0.15) is 44.2 Å². The van der Waals surface area contributed by atoms with Gasteiger partial charge in [0.1, 0.15) is 5.82 Å². The molecule has 0 radical (unpaired) electrons. The summed E-state index contributed by atoms with van der Waals surface area (Å²) >= 11 is 0. The van der Waals surface area contributed by atoms with Crippen LogP contribution < -0.4 is 11.2 Å². The van der Waals surface area contributed by atoms with E-state index in [4.69, 9.17) is 10.9 Å². The average molecular weight is 294 g/mol. The Hall–Kier alpha value is -1.66. The summed E-state index contributed by atoms with van der Waals surface area (Å²) in [4.78, 5) is 0. The van der Waals surface area contributed by atoms with E-state index in [-0.39, 0.29) is 5.84 Å². The zero-order valence-corrected chi connectivity index (χ0v) is 12.5. The molecule has 5 nitrogen and oxygen atoms in total. The first-order valence-corrected chi connectivity index (χ1v) is 7.30. The van der Waals surface area contributed by atoms with Gasteiger partial charge < -0.3 is 10.9 Å². The highest BCUT2D eigenvalue weighted by atomic mass is 19.1. The molecule has 21 heavy (non-hydrogen) atoms. The number of benzene rings is 1. The minimum Gasteiger partial charge on any atom is -0.409 e. The second-order valence-corrected chi connectivity index (χ2v) is 5.70. The Kier molecular flexibility index (Phi) is 5.14. The van der Waals surface area contributed by atoms with Gasteiger partial charge >= 0.3 is 0 Å². The highest BCUT2D eigenvalue weighted by Gasteiger charge is 2.24. The van der Waals surface area contributed by atoms with Crippen LogP contribution in [-0.2, 0) is 6.54 Å². The van der Waals surface area contributed by atoms with E-state index in [1.165, 1.54) is 18.6 Å². The lowest BCUT2D eigenvalue weighted by molar-refractivity contribution is 0.0435. The molecule has 1 fully saturated rings. The molecule has 1 saturated heterocycles. The predicted octanol–water partition coefficient (Wildman–Crippen LogP) is 2.19. The monoisotopic (exact) mass is 294 g/mol. The molecule has 2 rings (SSSR count). The number of hydrogen-bond donors (Lipinski definition) is 3. The van der Waals surface area contributed by atoms with E-state index in [0.29, 0.717) is 24.2 Å². The van der Waals surface area contributed by atoms with Gasteiger partial charge in [0, 0.05) is 24.2 Å².